The van der Waals surface area contributed by atoms with Crippen LogP contribution in [0, 0.1) is 5.82 Å². The van der Waals surface area contributed by atoms with Gasteiger partial charge in [-0.3, -0.25) is 24.1 Å². The molecule has 2 aromatic rings. The second-order valence-electron chi connectivity index (χ2n) is 9.15. The smallest absolute Gasteiger partial charge is 0.258 e. The molecule has 3 aliphatic rings. The zero-order chi connectivity index (χ0) is 24.9. The van der Waals surface area contributed by atoms with Crippen molar-refractivity contribution in [1.29, 1.82) is 0 Å². The van der Waals surface area contributed by atoms with Gasteiger partial charge in [-0.05, 0) is 43.7 Å². The van der Waals surface area contributed by atoms with Crippen LogP contribution in [0.5, 0.6) is 0 Å². The van der Waals surface area contributed by atoms with Crippen LogP contribution in [0.1, 0.15) is 40.5 Å². The maximum atomic E-state index is 13.4. The van der Waals surface area contributed by atoms with Gasteiger partial charge in [0, 0.05) is 32.6 Å². The number of benzene rings is 2. The number of hydrogen-bond donors (Lipinski definition) is 0. The summed E-state index contributed by atoms with van der Waals surface area (Å²) in [5, 5.41) is 0.0429. The van der Waals surface area contributed by atoms with Gasteiger partial charge < -0.3 is 14.7 Å². The summed E-state index contributed by atoms with van der Waals surface area (Å²) in [4.78, 5) is 58.4. The number of carbonyl (C=O) groups is 4. The number of anilines is 1. The Morgan fingerprint density at radius 1 is 1.03 bits per heavy atom. The summed E-state index contributed by atoms with van der Waals surface area (Å²) in [7, 11) is 0. The molecule has 0 spiro atoms. The predicted octanol–water partition coefficient (Wildman–Crippen LogP) is 2.76. The zero-order valence-corrected chi connectivity index (χ0v) is 19.9. The van der Waals surface area contributed by atoms with Crippen molar-refractivity contribution in [3.05, 3.63) is 64.4 Å². The van der Waals surface area contributed by atoms with Crippen molar-refractivity contribution in [2.75, 3.05) is 37.6 Å². The maximum Gasteiger partial charge on any atom is 0.258 e. The van der Waals surface area contributed by atoms with Crippen LogP contribution in [-0.4, -0.2) is 76.7 Å². The van der Waals surface area contributed by atoms with Crippen molar-refractivity contribution in [2.24, 2.45) is 0 Å². The van der Waals surface area contributed by atoms with Crippen molar-refractivity contribution < 1.29 is 23.6 Å². The molecule has 0 N–H and O–H groups in total. The molecule has 5 rings (SSSR count). The number of halogens is 2. The van der Waals surface area contributed by atoms with E-state index in [1.807, 2.05) is 6.92 Å². The number of hydrogen-bond acceptors (Lipinski definition) is 4. The minimum atomic E-state index is -0.907. The molecule has 0 bridgehead atoms. The van der Waals surface area contributed by atoms with Gasteiger partial charge in [0.1, 0.15) is 18.0 Å². The minimum Gasteiger partial charge on any atom is -0.338 e. The topological polar surface area (TPSA) is 81.2 Å². The number of carbonyl (C=O) groups excluding carboxylic acids is 4. The van der Waals surface area contributed by atoms with Crippen molar-refractivity contribution >= 4 is 40.9 Å². The molecule has 3 heterocycles. The van der Waals surface area contributed by atoms with Crippen molar-refractivity contribution in [1.82, 2.24) is 14.7 Å². The van der Waals surface area contributed by atoms with Gasteiger partial charge >= 0.3 is 0 Å². The van der Waals surface area contributed by atoms with Crippen molar-refractivity contribution in [3.8, 4) is 0 Å². The average molecular weight is 499 g/mol. The van der Waals surface area contributed by atoms with Crippen LogP contribution < -0.4 is 4.90 Å². The summed E-state index contributed by atoms with van der Waals surface area (Å²) in [6.07, 6.45) is 0.745. The Kier molecular flexibility index (Phi) is 5.75. The predicted molar refractivity (Wildman–Crippen MR) is 126 cm³/mol. The lowest BCUT2D eigenvalue weighted by molar-refractivity contribution is -0.135. The zero-order valence-electron chi connectivity index (χ0n) is 19.2. The SMILES string of the molecule is CC12CCC(=O)N1c1ccccc1C(=O)N2CC(=O)N1CCN(C(=O)c2ccc(F)cc2Cl)CC1. The van der Waals surface area contributed by atoms with E-state index >= 15 is 0 Å². The van der Waals surface area contributed by atoms with Crippen LogP contribution in [0.2, 0.25) is 5.02 Å². The van der Waals surface area contributed by atoms with Crippen molar-refractivity contribution in [3.63, 3.8) is 0 Å². The molecule has 35 heavy (non-hydrogen) atoms. The van der Waals surface area contributed by atoms with Gasteiger partial charge in [-0.15, -0.1) is 0 Å². The number of nitrogens with zero attached hydrogens (tertiary/aromatic N) is 4. The maximum absolute atomic E-state index is 13.4. The van der Waals surface area contributed by atoms with E-state index in [4.69, 9.17) is 11.6 Å². The second kappa shape index (κ2) is 8.64. The Labute approximate surface area is 206 Å². The van der Waals surface area contributed by atoms with Gasteiger partial charge in [0.05, 0.1) is 21.8 Å². The highest BCUT2D eigenvalue weighted by molar-refractivity contribution is 6.33. The standard InChI is InChI=1S/C25H24ClFN4O4/c1-25-9-8-21(32)31(25)20-5-3-2-4-18(20)24(35)30(25)15-22(33)28-10-12-29(13-11-28)23(34)17-7-6-16(27)14-19(17)26/h2-7,14H,8-13,15H2,1H3. The lowest BCUT2D eigenvalue weighted by Gasteiger charge is -2.49. The normalized spacial score (nSPS) is 21.8. The summed E-state index contributed by atoms with van der Waals surface area (Å²) in [5.41, 5.74) is 0.289. The third kappa shape index (κ3) is 3.83. The first-order valence-corrected chi connectivity index (χ1v) is 11.8. The van der Waals surface area contributed by atoms with E-state index in [1.165, 1.54) is 17.0 Å². The molecule has 8 nitrogen and oxygen atoms in total. The lowest BCUT2D eigenvalue weighted by Crippen LogP contribution is -2.64. The van der Waals surface area contributed by atoms with Gasteiger partial charge in [0.15, 0.2) is 0 Å². The molecule has 2 aromatic carbocycles. The summed E-state index contributed by atoms with van der Waals surface area (Å²) >= 11 is 6.03. The fourth-order valence-electron chi connectivity index (χ4n) is 5.17. The highest BCUT2D eigenvalue weighted by atomic mass is 35.5. The van der Waals surface area contributed by atoms with E-state index in [0.29, 0.717) is 37.2 Å². The molecule has 2 saturated heterocycles. The highest BCUT2D eigenvalue weighted by Crippen LogP contribution is 2.43. The largest absolute Gasteiger partial charge is 0.338 e. The Balaban J connectivity index is 1.29. The molecule has 182 valence electrons. The molecular weight excluding hydrogens is 475 g/mol. The first kappa shape index (κ1) is 23.3. The van der Waals surface area contributed by atoms with E-state index in [1.54, 1.807) is 39.0 Å². The van der Waals surface area contributed by atoms with Crippen LogP contribution in [0.15, 0.2) is 42.5 Å². The molecule has 1 unspecified atom stereocenters. The number of fused-ring (bicyclic) bond motifs is 3. The Bertz CT molecular complexity index is 1250. The first-order chi connectivity index (χ1) is 16.7. The molecule has 3 aliphatic heterocycles. The van der Waals surface area contributed by atoms with Crippen LogP contribution in [-0.2, 0) is 9.59 Å². The van der Waals surface area contributed by atoms with E-state index in [-0.39, 0.29) is 53.8 Å². The lowest BCUT2D eigenvalue weighted by atomic mass is 9.98. The fraction of sp³-hybridized carbons (Fsp3) is 0.360. The molecule has 2 fully saturated rings. The molecule has 0 aromatic heterocycles. The first-order valence-electron chi connectivity index (χ1n) is 11.5. The summed E-state index contributed by atoms with van der Waals surface area (Å²) < 4.78 is 13.3. The number of rotatable bonds is 3. The summed E-state index contributed by atoms with van der Waals surface area (Å²) in [5.74, 6) is -1.44. The Morgan fingerprint density at radius 2 is 1.71 bits per heavy atom. The molecule has 10 heteroatoms. The van der Waals surface area contributed by atoms with Gasteiger partial charge in [-0.1, -0.05) is 23.7 Å². The molecular formula is C25H24ClFN4O4. The van der Waals surface area contributed by atoms with Gasteiger partial charge in [-0.25, -0.2) is 4.39 Å². The third-order valence-corrected chi connectivity index (χ3v) is 7.43. The molecule has 0 saturated carbocycles. The second-order valence-corrected chi connectivity index (χ2v) is 9.56. The Morgan fingerprint density at radius 3 is 2.43 bits per heavy atom. The monoisotopic (exact) mass is 498 g/mol. The molecule has 1 atom stereocenters. The van der Waals surface area contributed by atoms with E-state index in [9.17, 15) is 23.6 Å². The summed E-state index contributed by atoms with van der Waals surface area (Å²) in [6.45, 7) is 2.82. The number of para-hydroxylation sites is 1. The number of piperazine rings is 1. The quantitative estimate of drug-likeness (QED) is 0.651. The van der Waals surface area contributed by atoms with Gasteiger partial charge in [-0.2, -0.15) is 0 Å². The van der Waals surface area contributed by atoms with Crippen LogP contribution in [0.3, 0.4) is 0 Å². The highest BCUT2D eigenvalue weighted by Gasteiger charge is 2.53. The van der Waals surface area contributed by atoms with E-state index in [2.05, 4.69) is 0 Å². The van der Waals surface area contributed by atoms with Crippen LogP contribution in [0.4, 0.5) is 10.1 Å². The van der Waals surface area contributed by atoms with E-state index < -0.39 is 11.5 Å². The number of amides is 4. The summed E-state index contributed by atoms with van der Waals surface area (Å²) in [6, 6.07) is 10.6. The van der Waals surface area contributed by atoms with Crippen LogP contribution in [0.25, 0.3) is 0 Å². The third-order valence-electron chi connectivity index (χ3n) is 7.12. The fourth-order valence-corrected chi connectivity index (χ4v) is 5.42. The molecule has 0 radical (unpaired) electrons. The molecule has 0 aliphatic carbocycles. The van der Waals surface area contributed by atoms with Crippen molar-refractivity contribution in [2.45, 2.75) is 25.4 Å². The Hall–Kier alpha value is -3.46. The minimum absolute atomic E-state index is 0.0429. The van der Waals surface area contributed by atoms with E-state index in [0.717, 1.165) is 6.07 Å². The van der Waals surface area contributed by atoms with Gasteiger partial charge in [0.25, 0.3) is 11.8 Å². The molecule has 4 amide bonds. The average Bonchev–Trinajstić information content (AvgIpc) is 3.16. The van der Waals surface area contributed by atoms with Gasteiger partial charge in [0.2, 0.25) is 11.8 Å². The van der Waals surface area contributed by atoms with Crippen LogP contribution >= 0.6 is 11.6 Å².